The van der Waals surface area contributed by atoms with Gasteiger partial charge in [0.2, 0.25) is 0 Å². The first-order valence-electron chi connectivity index (χ1n) is 5.52. The van der Waals surface area contributed by atoms with Crippen LogP contribution in [0, 0.1) is 5.41 Å². The molecular formula is C12H17N3O. The van der Waals surface area contributed by atoms with Crippen LogP contribution in [-0.2, 0) is 6.54 Å². The van der Waals surface area contributed by atoms with E-state index in [-0.39, 0.29) is 11.1 Å². The summed E-state index contributed by atoms with van der Waals surface area (Å²) in [5.41, 5.74) is 0.871. The predicted molar refractivity (Wildman–Crippen MR) is 63.5 cm³/mol. The van der Waals surface area contributed by atoms with Gasteiger partial charge >= 0.3 is 5.69 Å². The fraction of sp³-hybridized carbons (Fsp3) is 0.500. The van der Waals surface area contributed by atoms with Crippen molar-refractivity contribution in [2.24, 2.45) is 5.41 Å². The van der Waals surface area contributed by atoms with E-state index in [1.54, 1.807) is 15.3 Å². The van der Waals surface area contributed by atoms with Gasteiger partial charge in [-0.1, -0.05) is 26.8 Å². The van der Waals surface area contributed by atoms with E-state index in [4.69, 9.17) is 0 Å². The number of fused-ring (bicyclic) bond motifs is 1. The van der Waals surface area contributed by atoms with E-state index < -0.39 is 0 Å². The topological polar surface area (TPSA) is 39.3 Å². The van der Waals surface area contributed by atoms with Gasteiger partial charge in [-0.15, -0.1) is 5.10 Å². The molecule has 0 unspecified atom stereocenters. The summed E-state index contributed by atoms with van der Waals surface area (Å²) in [6, 6.07) is 5.56. The van der Waals surface area contributed by atoms with Gasteiger partial charge in [-0.3, -0.25) is 4.40 Å². The number of hydrogen-bond acceptors (Lipinski definition) is 2. The molecule has 0 radical (unpaired) electrons. The van der Waals surface area contributed by atoms with Crippen molar-refractivity contribution in [3.05, 3.63) is 34.9 Å². The molecule has 2 aromatic heterocycles. The van der Waals surface area contributed by atoms with Gasteiger partial charge in [-0.25, -0.2) is 9.48 Å². The minimum atomic E-state index is -0.0557. The van der Waals surface area contributed by atoms with E-state index in [0.29, 0.717) is 12.2 Å². The number of pyridine rings is 1. The SMILES string of the molecule is CC(C)(C)CCn1nc2ccccn2c1=O. The number of rotatable bonds is 2. The predicted octanol–water partition coefficient (Wildman–Crippen LogP) is 1.93. The molecule has 16 heavy (non-hydrogen) atoms. The summed E-state index contributed by atoms with van der Waals surface area (Å²) in [4.78, 5) is 11.9. The molecule has 0 spiro atoms. The lowest BCUT2D eigenvalue weighted by Crippen LogP contribution is -2.23. The monoisotopic (exact) mass is 219 g/mol. The molecule has 0 aliphatic rings. The van der Waals surface area contributed by atoms with Crippen LogP contribution in [0.4, 0.5) is 0 Å². The van der Waals surface area contributed by atoms with Crippen LogP contribution >= 0.6 is 0 Å². The Morgan fingerprint density at radius 1 is 1.31 bits per heavy atom. The second-order valence-corrected chi connectivity index (χ2v) is 5.25. The standard InChI is InChI=1S/C12H17N3O/c1-12(2,3)7-9-15-11(16)14-8-5-4-6-10(14)13-15/h4-6,8H,7,9H2,1-3H3. The molecule has 2 rings (SSSR count). The molecule has 86 valence electrons. The fourth-order valence-corrected chi connectivity index (χ4v) is 1.56. The summed E-state index contributed by atoms with van der Waals surface area (Å²) < 4.78 is 3.11. The largest absolute Gasteiger partial charge is 0.350 e. The van der Waals surface area contributed by atoms with E-state index in [0.717, 1.165) is 6.42 Å². The summed E-state index contributed by atoms with van der Waals surface area (Å²) >= 11 is 0. The molecular weight excluding hydrogens is 202 g/mol. The van der Waals surface area contributed by atoms with Crippen molar-refractivity contribution < 1.29 is 0 Å². The molecule has 0 bridgehead atoms. The molecule has 0 fully saturated rings. The molecule has 0 saturated heterocycles. The van der Waals surface area contributed by atoms with E-state index >= 15 is 0 Å². The first kappa shape index (κ1) is 10.9. The molecule has 2 heterocycles. The number of aryl methyl sites for hydroxylation is 1. The van der Waals surface area contributed by atoms with Crippen molar-refractivity contribution in [3.8, 4) is 0 Å². The van der Waals surface area contributed by atoms with Crippen molar-refractivity contribution in [1.82, 2.24) is 14.2 Å². The fourth-order valence-electron chi connectivity index (χ4n) is 1.56. The summed E-state index contributed by atoms with van der Waals surface area (Å²) in [5.74, 6) is 0. The Morgan fingerprint density at radius 3 is 2.69 bits per heavy atom. The maximum absolute atomic E-state index is 11.9. The Labute approximate surface area is 94.5 Å². The first-order chi connectivity index (χ1) is 7.47. The minimum absolute atomic E-state index is 0.0557. The van der Waals surface area contributed by atoms with Gasteiger partial charge < -0.3 is 0 Å². The Hall–Kier alpha value is -1.58. The van der Waals surface area contributed by atoms with E-state index in [1.165, 1.54) is 0 Å². The van der Waals surface area contributed by atoms with Crippen LogP contribution in [0.1, 0.15) is 27.2 Å². The molecule has 0 aliphatic heterocycles. The van der Waals surface area contributed by atoms with Crippen LogP contribution in [0.3, 0.4) is 0 Å². The highest BCUT2D eigenvalue weighted by molar-refractivity contribution is 5.35. The lowest BCUT2D eigenvalue weighted by Gasteiger charge is -2.16. The first-order valence-corrected chi connectivity index (χ1v) is 5.52. The third-order valence-corrected chi connectivity index (χ3v) is 2.56. The maximum Gasteiger partial charge on any atom is 0.350 e. The highest BCUT2D eigenvalue weighted by Crippen LogP contribution is 2.18. The molecule has 0 amide bonds. The van der Waals surface area contributed by atoms with Crippen molar-refractivity contribution >= 4 is 5.65 Å². The second kappa shape index (κ2) is 3.77. The Kier molecular flexibility index (Phi) is 2.58. The van der Waals surface area contributed by atoms with Crippen molar-refractivity contribution in [1.29, 1.82) is 0 Å². The smallest absolute Gasteiger partial charge is 0.250 e. The van der Waals surface area contributed by atoms with Gasteiger partial charge in [0.15, 0.2) is 5.65 Å². The summed E-state index contributed by atoms with van der Waals surface area (Å²) in [7, 11) is 0. The Bertz CT molecular complexity index is 545. The average Bonchev–Trinajstić information content (AvgIpc) is 2.53. The van der Waals surface area contributed by atoms with Gasteiger partial charge in [0.05, 0.1) is 0 Å². The molecule has 2 aromatic rings. The van der Waals surface area contributed by atoms with E-state index in [9.17, 15) is 4.79 Å². The van der Waals surface area contributed by atoms with Crippen LogP contribution in [0.2, 0.25) is 0 Å². The zero-order valence-corrected chi connectivity index (χ0v) is 9.97. The van der Waals surface area contributed by atoms with E-state index in [1.807, 2.05) is 18.2 Å². The normalized spacial score (nSPS) is 12.2. The minimum Gasteiger partial charge on any atom is -0.250 e. The summed E-state index contributed by atoms with van der Waals surface area (Å²) in [6.45, 7) is 7.15. The zero-order chi connectivity index (χ0) is 11.8. The van der Waals surface area contributed by atoms with E-state index in [2.05, 4.69) is 25.9 Å². The summed E-state index contributed by atoms with van der Waals surface area (Å²) in [5, 5.41) is 4.28. The van der Waals surface area contributed by atoms with Crippen molar-refractivity contribution in [2.75, 3.05) is 0 Å². The van der Waals surface area contributed by atoms with Crippen LogP contribution in [0.15, 0.2) is 29.2 Å². The Morgan fingerprint density at radius 2 is 2.06 bits per heavy atom. The number of aromatic nitrogens is 3. The van der Waals surface area contributed by atoms with Crippen LogP contribution < -0.4 is 5.69 Å². The average molecular weight is 219 g/mol. The Balaban J connectivity index is 2.32. The third-order valence-electron chi connectivity index (χ3n) is 2.56. The van der Waals surface area contributed by atoms with Gasteiger partial charge in [0.25, 0.3) is 0 Å². The summed E-state index contributed by atoms with van der Waals surface area (Å²) in [6.07, 6.45) is 2.69. The van der Waals surface area contributed by atoms with Crippen LogP contribution in [0.5, 0.6) is 0 Å². The van der Waals surface area contributed by atoms with Crippen LogP contribution in [0.25, 0.3) is 5.65 Å². The molecule has 0 saturated carbocycles. The maximum atomic E-state index is 11.9. The molecule has 4 nitrogen and oxygen atoms in total. The van der Waals surface area contributed by atoms with Crippen molar-refractivity contribution in [2.45, 2.75) is 33.7 Å². The van der Waals surface area contributed by atoms with Crippen molar-refractivity contribution in [3.63, 3.8) is 0 Å². The lowest BCUT2D eigenvalue weighted by molar-refractivity contribution is 0.338. The second-order valence-electron chi connectivity index (χ2n) is 5.25. The van der Waals surface area contributed by atoms with Gasteiger partial charge in [0, 0.05) is 12.7 Å². The lowest BCUT2D eigenvalue weighted by atomic mass is 9.92. The molecule has 0 atom stereocenters. The number of hydrogen-bond donors (Lipinski definition) is 0. The molecule has 0 aromatic carbocycles. The quantitative estimate of drug-likeness (QED) is 0.774. The zero-order valence-electron chi connectivity index (χ0n) is 9.97. The molecule has 0 aliphatic carbocycles. The third kappa shape index (κ3) is 2.15. The van der Waals surface area contributed by atoms with Gasteiger partial charge in [-0.05, 0) is 24.0 Å². The van der Waals surface area contributed by atoms with Gasteiger partial charge in [-0.2, -0.15) is 0 Å². The highest BCUT2D eigenvalue weighted by Gasteiger charge is 2.12. The molecule has 0 N–H and O–H groups in total. The molecule has 4 heteroatoms. The number of nitrogens with zero attached hydrogens (tertiary/aromatic N) is 3. The highest BCUT2D eigenvalue weighted by atomic mass is 16.2. The van der Waals surface area contributed by atoms with Crippen LogP contribution in [-0.4, -0.2) is 14.2 Å². The van der Waals surface area contributed by atoms with Gasteiger partial charge in [0.1, 0.15) is 0 Å².